The highest BCUT2D eigenvalue weighted by Gasteiger charge is 2.25. The zero-order chi connectivity index (χ0) is 14.8. The molecule has 0 aromatic heterocycles. The Morgan fingerprint density at radius 3 is 2.53 bits per heavy atom. The number of nitrogens with zero attached hydrogens (tertiary/aromatic N) is 2. The molecule has 19 heavy (non-hydrogen) atoms. The molecule has 0 fully saturated rings. The maximum atomic E-state index is 12.1. The molecule has 0 saturated heterocycles. The van der Waals surface area contributed by atoms with Crippen molar-refractivity contribution in [3.63, 3.8) is 0 Å². The van der Waals surface area contributed by atoms with Crippen LogP contribution in [0, 0.1) is 10.1 Å². The molecule has 0 saturated carbocycles. The van der Waals surface area contributed by atoms with E-state index in [-0.39, 0.29) is 11.4 Å². The summed E-state index contributed by atoms with van der Waals surface area (Å²) < 4.78 is 25.0. The quantitative estimate of drug-likeness (QED) is 0.594. The summed E-state index contributed by atoms with van der Waals surface area (Å²) in [6.07, 6.45) is -0.869. The number of sulfonamides is 1. The Kier molecular flexibility index (Phi) is 4.45. The third kappa shape index (κ3) is 3.40. The number of aromatic hydroxyl groups is 1. The van der Waals surface area contributed by atoms with E-state index in [1.807, 2.05) is 0 Å². The zero-order valence-corrected chi connectivity index (χ0v) is 11.2. The summed E-state index contributed by atoms with van der Waals surface area (Å²) in [4.78, 5) is 9.45. The van der Waals surface area contributed by atoms with Crippen molar-refractivity contribution in [2.24, 2.45) is 0 Å². The molecule has 0 radical (unpaired) electrons. The van der Waals surface area contributed by atoms with Crippen LogP contribution in [0.25, 0.3) is 0 Å². The average Bonchev–Trinajstić information content (AvgIpc) is 2.27. The number of hydrogen-bond acceptors (Lipinski definition) is 6. The first kappa shape index (κ1) is 15.3. The third-order valence-corrected chi connectivity index (χ3v) is 4.19. The molecule has 0 aliphatic heterocycles. The van der Waals surface area contributed by atoms with Gasteiger partial charge < -0.3 is 10.2 Å². The maximum Gasteiger partial charge on any atom is 0.312 e. The standard InChI is InChI=1S/C10H14N2O6S/c1-7(13)6-11(2)19(17,18)8-3-4-10(14)9(5-8)12(15)16/h3-5,7,13-14H,6H2,1-2H3. The summed E-state index contributed by atoms with van der Waals surface area (Å²) in [7, 11) is -2.70. The fraction of sp³-hybridized carbons (Fsp3) is 0.400. The number of aliphatic hydroxyl groups excluding tert-OH is 1. The van der Waals surface area contributed by atoms with Crippen molar-refractivity contribution in [1.82, 2.24) is 4.31 Å². The van der Waals surface area contributed by atoms with E-state index >= 15 is 0 Å². The highest BCUT2D eigenvalue weighted by atomic mass is 32.2. The summed E-state index contributed by atoms with van der Waals surface area (Å²) >= 11 is 0. The fourth-order valence-electron chi connectivity index (χ4n) is 1.46. The van der Waals surface area contributed by atoms with Crippen LogP contribution in [0.3, 0.4) is 0 Å². The van der Waals surface area contributed by atoms with E-state index in [0.717, 1.165) is 22.5 Å². The molecule has 0 aliphatic carbocycles. The van der Waals surface area contributed by atoms with E-state index < -0.39 is 32.5 Å². The van der Waals surface area contributed by atoms with Crippen LogP contribution < -0.4 is 0 Å². The van der Waals surface area contributed by atoms with Gasteiger partial charge in [0.15, 0.2) is 5.75 Å². The Balaban J connectivity index is 3.22. The Morgan fingerprint density at radius 1 is 1.47 bits per heavy atom. The monoisotopic (exact) mass is 290 g/mol. The van der Waals surface area contributed by atoms with Crippen LogP contribution in [-0.2, 0) is 10.0 Å². The van der Waals surface area contributed by atoms with Gasteiger partial charge in [-0.2, -0.15) is 4.31 Å². The van der Waals surface area contributed by atoms with Crippen molar-refractivity contribution in [3.8, 4) is 5.75 Å². The largest absolute Gasteiger partial charge is 0.502 e. The molecule has 0 amide bonds. The normalized spacial score (nSPS) is 13.5. The van der Waals surface area contributed by atoms with Crippen molar-refractivity contribution < 1.29 is 23.6 Å². The highest BCUT2D eigenvalue weighted by molar-refractivity contribution is 7.89. The maximum absolute atomic E-state index is 12.1. The number of phenolic OH excluding ortho intramolecular Hbond substituents is 1. The number of aliphatic hydroxyl groups is 1. The molecule has 1 aromatic rings. The van der Waals surface area contributed by atoms with E-state index in [9.17, 15) is 23.6 Å². The molecule has 1 rings (SSSR count). The van der Waals surface area contributed by atoms with Crippen LogP contribution in [0.5, 0.6) is 5.75 Å². The van der Waals surface area contributed by atoms with Gasteiger partial charge in [0.2, 0.25) is 10.0 Å². The first-order valence-electron chi connectivity index (χ1n) is 5.28. The third-order valence-electron chi connectivity index (χ3n) is 2.37. The number of nitro groups is 1. The lowest BCUT2D eigenvalue weighted by atomic mass is 10.3. The molecule has 0 heterocycles. The van der Waals surface area contributed by atoms with Crippen LogP contribution in [0.4, 0.5) is 5.69 Å². The molecule has 9 heteroatoms. The second kappa shape index (κ2) is 5.51. The second-order valence-electron chi connectivity index (χ2n) is 4.04. The second-order valence-corrected chi connectivity index (χ2v) is 6.09. The summed E-state index contributed by atoms with van der Waals surface area (Å²) in [5, 5.41) is 29.1. The zero-order valence-electron chi connectivity index (χ0n) is 10.3. The summed E-state index contributed by atoms with van der Waals surface area (Å²) in [6.45, 7) is 1.28. The molecule has 1 aromatic carbocycles. The number of nitro benzene ring substituents is 1. The molecule has 2 N–H and O–H groups in total. The van der Waals surface area contributed by atoms with Crippen LogP contribution in [0.1, 0.15) is 6.92 Å². The molecule has 0 spiro atoms. The molecule has 0 aliphatic rings. The first-order chi connectivity index (χ1) is 8.66. The lowest BCUT2D eigenvalue weighted by Crippen LogP contribution is -2.33. The SMILES string of the molecule is CC(O)CN(C)S(=O)(=O)c1ccc(O)c([N+](=O)[O-])c1. The molecule has 106 valence electrons. The van der Waals surface area contributed by atoms with Crippen LogP contribution >= 0.6 is 0 Å². The van der Waals surface area contributed by atoms with Gasteiger partial charge >= 0.3 is 5.69 Å². The van der Waals surface area contributed by atoms with E-state index in [0.29, 0.717) is 0 Å². The smallest absolute Gasteiger partial charge is 0.312 e. The van der Waals surface area contributed by atoms with Gasteiger partial charge in [0.05, 0.1) is 15.9 Å². The van der Waals surface area contributed by atoms with Crippen LogP contribution in [0.2, 0.25) is 0 Å². The van der Waals surface area contributed by atoms with E-state index in [1.165, 1.54) is 14.0 Å². The lowest BCUT2D eigenvalue weighted by molar-refractivity contribution is -0.386. The van der Waals surface area contributed by atoms with Gasteiger partial charge in [-0.05, 0) is 19.1 Å². The summed E-state index contributed by atoms with van der Waals surface area (Å²) in [5.74, 6) is -0.609. The number of benzene rings is 1. The van der Waals surface area contributed by atoms with E-state index in [1.54, 1.807) is 0 Å². The summed E-state index contributed by atoms with van der Waals surface area (Å²) in [6, 6.07) is 2.79. The van der Waals surface area contributed by atoms with Gasteiger partial charge in [-0.15, -0.1) is 0 Å². The first-order valence-corrected chi connectivity index (χ1v) is 6.72. The van der Waals surface area contributed by atoms with Crippen LogP contribution in [-0.4, -0.2) is 47.6 Å². The average molecular weight is 290 g/mol. The van der Waals surface area contributed by atoms with Gasteiger partial charge in [-0.1, -0.05) is 0 Å². The van der Waals surface area contributed by atoms with E-state index in [4.69, 9.17) is 5.11 Å². The Morgan fingerprint density at radius 2 is 2.05 bits per heavy atom. The molecule has 8 nitrogen and oxygen atoms in total. The molecule has 1 unspecified atom stereocenters. The Labute approximate surface area is 110 Å². The lowest BCUT2D eigenvalue weighted by Gasteiger charge is -2.18. The van der Waals surface area contributed by atoms with Gasteiger partial charge in [0.25, 0.3) is 0 Å². The van der Waals surface area contributed by atoms with Gasteiger partial charge in [-0.3, -0.25) is 10.1 Å². The minimum absolute atomic E-state index is 0.142. The Bertz CT molecular complexity index is 584. The molecular weight excluding hydrogens is 276 g/mol. The van der Waals surface area contributed by atoms with Crippen molar-refractivity contribution in [3.05, 3.63) is 28.3 Å². The van der Waals surface area contributed by atoms with Crippen molar-refractivity contribution in [2.45, 2.75) is 17.9 Å². The van der Waals surface area contributed by atoms with Crippen molar-refractivity contribution >= 4 is 15.7 Å². The Hall–Kier alpha value is -1.71. The number of likely N-dealkylation sites (N-methyl/N-ethyl adjacent to an activating group) is 1. The number of phenols is 1. The van der Waals surface area contributed by atoms with Gasteiger partial charge in [-0.25, -0.2) is 8.42 Å². The number of hydrogen-bond donors (Lipinski definition) is 2. The van der Waals surface area contributed by atoms with Crippen LogP contribution in [0.15, 0.2) is 23.1 Å². The van der Waals surface area contributed by atoms with E-state index in [2.05, 4.69) is 0 Å². The molecular formula is C10H14N2O6S. The summed E-state index contributed by atoms with van der Waals surface area (Å²) in [5.41, 5.74) is -0.688. The number of rotatable bonds is 5. The minimum atomic E-state index is -3.95. The minimum Gasteiger partial charge on any atom is -0.502 e. The van der Waals surface area contributed by atoms with Gasteiger partial charge in [0, 0.05) is 19.7 Å². The topological polar surface area (TPSA) is 121 Å². The predicted molar refractivity (Wildman–Crippen MR) is 66.3 cm³/mol. The fourth-order valence-corrected chi connectivity index (χ4v) is 2.73. The van der Waals surface area contributed by atoms with Gasteiger partial charge in [0.1, 0.15) is 0 Å². The highest BCUT2D eigenvalue weighted by Crippen LogP contribution is 2.29. The predicted octanol–water partition coefficient (Wildman–Crippen LogP) is 0.302. The van der Waals surface area contributed by atoms with Crippen molar-refractivity contribution in [2.75, 3.05) is 13.6 Å². The molecule has 0 bridgehead atoms. The molecule has 1 atom stereocenters. The van der Waals surface area contributed by atoms with Crippen molar-refractivity contribution in [1.29, 1.82) is 0 Å².